The van der Waals surface area contributed by atoms with Crippen LogP contribution in [-0.2, 0) is 11.2 Å². The zero-order valence-corrected chi connectivity index (χ0v) is 7.62. The van der Waals surface area contributed by atoms with E-state index in [1.807, 2.05) is 17.5 Å². The number of carbonyl (C=O) groups is 1. The molecule has 0 spiro atoms. The second kappa shape index (κ2) is 4.52. The van der Waals surface area contributed by atoms with E-state index in [-0.39, 0.29) is 11.7 Å². The van der Waals surface area contributed by atoms with Gasteiger partial charge in [0.2, 0.25) is 0 Å². The highest BCUT2D eigenvalue weighted by molar-refractivity contribution is 7.09. The van der Waals surface area contributed by atoms with E-state index in [4.69, 9.17) is 11.6 Å². The number of Topliss-reactive ketones (excluding diaryl/α,β-unsaturated/α-hetero) is 1. The minimum atomic E-state index is 0.125. The predicted molar refractivity (Wildman–Crippen MR) is 48.4 cm³/mol. The zero-order valence-electron chi connectivity index (χ0n) is 6.05. The molecule has 0 aliphatic carbocycles. The first-order valence-corrected chi connectivity index (χ1v) is 4.84. The highest BCUT2D eigenvalue weighted by Gasteiger charge is 2.00. The number of hydrogen-bond acceptors (Lipinski definition) is 2. The van der Waals surface area contributed by atoms with Crippen molar-refractivity contribution in [3.05, 3.63) is 22.4 Å². The van der Waals surface area contributed by atoms with Crippen LogP contribution in [0.2, 0.25) is 0 Å². The summed E-state index contributed by atoms with van der Waals surface area (Å²) in [6.45, 7) is 0. The number of hydrogen-bond donors (Lipinski definition) is 0. The average Bonchev–Trinajstić information content (AvgIpc) is 2.52. The van der Waals surface area contributed by atoms with Gasteiger partial charge in [-0.1, -0.05) is 6.07 Å². The Kier molecular flexibility index (Phi) is 3.60. The normalized spacial score (nSPS) is 9.91. The minimum Gasteiger partial charge on any atom is -0.298 e. The van der Waals surface area contributed by atoms with E-state index in [0.29, 0.717) is 6.42 Å². The molecule has 0 N–H and O–H groups in total. The first kappa shape index (κ1) is 8.75. The van der Waals surface area contributed by atoms with Crippen LogP contribution < -0.4 is 0 Å². The van der Waals surface area contributed by atoms with Crippen molar-refractivity contribution >= 4 is 28.7 Å². The summed E-state index contributed by atoms with van der Waals surface area (Å²) >= 11 is 7.03. The fourth-order valence-electron chi connectivity index (χ4n) is 0.784. The largest absolute Gasteiger partial charge is 0.298 e. The van der Waals surface area contributed by atoms with Crippen molar-refractivity contribution in [3.63, 3.8) is 0 Å². The van der Waals surface area contributed by atoms with Gasteiger partial charge in [0, 0.05) is 11.3 Å². The van der Waals surface area contributed by atoms with Gasteiger partial charge < -0.3 is 0 Å². The van der Waals surface area contributed by atoms with Gasteiger partial charge in [0.25, 0.3) is 0 Å². The van der Waals surface area contributed by atoms with Gasteiger partial charge in [-0.05, 0) is 17.9 Å². The molecule has 0 amide bonds. The number of aryl methyl sites for hydroxylation is 1. The zero-order chi connectivity index (χ0) is 8.10. The van der Waals surface area contributed by atoms with Crippen LogP contribution in [0.3, 0.4) is 0 Å². The third kappa shape index (κ3) is 3.04. The molecular formula is C8H9ClOS. The lowest BCUT2D eigenvalue weighted by molar-refractivity contribution is -0.116. The van der Waals surface area contributed by atoms with Crippen LogP contribution in [0.15, 0.2) is 17.5 Å². The topological polar surface area (TPSA) is 17.1 Å². The molecule has 1 heterocycles. The smallest absolute Gasteiger partial charge is 0.147 e. The number of carbonyl (C=O) groups excluding carboxylic acids is 1. The van der Waals surface area contributed by atoms with Crippen LogP contribution in [0, 0.1) is 0 Å². The van der Waals surface area contributed by atoms with Gasteiger partial charge in [-0.2, -0.15) is 0 Å². The summed E-state index contributed by atoms with van der Waals surface area (Å²) in [6.07, 6.45) is 1.41. The molecule has 3 heteroatoms. The molecule has 0 fully saturated rings. The molecule has 0 unspecified atom stereocenters. The van der Waals surface area contributed by atoms with Gasteiger partial charge >= 0.3 is 0 Å². The second-order valence-electron chi connectivity index (χ2n) is 2.25. The number of rotatable bonds is 4. The molecule has 11 heavy (non-hydrogen) atoms. The van der Waals surface area contributed by atoms with Crippen LogP contribution >= 0.6 is 22.9 Å². The summed E-state index contributed by atoms with van der Waals surface area (Å²) in [5, 5.41) is 2.01. The van der Waals surface area contributed by atoms with E-state index in [1.165, 1.54) is 4.88 Å². The minimum absolute atomic E-state index is 0.125. The van der Waals surface area contributed by atoms with Gasteiger partial charge in [-0.25, -0.2) is 0 Å². The predicted octanol–water partition coefficient (Wildman–Crippen LogP) is 2.49. The van der Waals surface area contributed by atoms with Crippen LogP contribution in [0.5, 0.6) is 0 Å². The van der Waals surface area contributed by atoms with E-state index in [0.717, 1.165) is 6.42 Å². The molecule has 0 saturated carbocycles. The van der Waals surface area contributed by atoms with Crippen molar-refractivity contribution in [1.82, 2.24) is 0 Å². The summed E-state index contributed by atoms with van der Waals surface area (Å²) in [5.74, 6) is 0.269. The Balaban J connectivity index is 2.29. The maximum absolute atomic E-state index is 10.8. The summed E-state index contributed by atoms with van der Waals surface area (Å²) in [7, 11) is 0. The Bertz CT molecular complexity index is 218. The Morgan fingerprint density at radius 1 is 1.64 bits per heavy atom. The lowest BCUT2D eigenvalue weighted by Gasteiger charge is -1.92. The Morgan fingerprint density at radius 2 is 2.45 bits per heavy atom. The Morgan fingerprint density at radius 3 is 3.00 bits per heavy atom. The van der Waals surface area contributed by atoms with E-state index in [1.54, 1.807) is 11.3 Å². The molecule has 0 bridgehead atoms. The van der Waals surface area contributed by atoms with Crippen LogP contribution in [0.1, 0.15) is 11.3 Å². The van der Waals surface area contributed by atoms with Crippen LogP contribution in [0.4, 0.5) is 0 Å². The van der Waals surface area contributed by atoms with Crippen molar-refractivity contribution in [2.75, 3.05) is 5.88 Å². The second-order valence-corrected chi connectivity index (χ2v) is 3.55. The van der Waals surface area contributed by atoms with E-state index < -0.39 is 0 Å². The van der Waals surface area contributed by atoms with Crippen molar-refractivity contribution in [2.24, 2.45) is 0 Å². The van der Waals surface area contributed by atoms with Crippen LogP contribution in [-0.4, -0.2) is 11.7 Å². The number of alkyl halides is 1. The first-order valence-electron chi connectivity index (χ1n) is 3.43. The fraction of sp³-hybridized carbons (Fsp3) is 0.375. The molecule has 0 saturated heterocycles. The standard InChI is InChI=1S/C8H9ClOS/c9-6-7(10)3-4-8-2-1-5-11-8/h1-2,5H,3-4,6H2. The van der Waals surface area contributed by atoms with Crippen molar-refractivity contribution < 1.29 is 4.79 Å². The molecule has 0 radical (unpaired) electrons. The van der Waals surface area contributed by atoms with E-state index in [2.05, 4.69) is 0 Å². The van der Waals surface area contributed by atoms with Crippen molar-refractivity contribution in [2.45, 2.75) is 12.8 Å². The lowest BCUT2D eigenvalue weighted by Crippen LogP contribution is -1.99. The maximum atomic E-state index is 10.8. The van der Waals surface area contributed by atoms with Gasteiger partial charge in [-0.15, -0.1) is 22.9 Å². The Hall–Kier alpha value is -0.340. The average molecular weight is 189 g/mol. The summed E-state index contributed by atoms with van der Waals surface area (Å²) in [6, 6.07) is 4.03. The highest BCUT2D eigenvalue weighted by Crippen LogP contribution is 2.10. The Labute approximate surface area is 75.0 Å². The molecule has 60 valence electrons. The first-order chi connectivity index (χ1) is 5.33. The lowest BCUT2D eigenvalue weighted by atomic mass is 10.2. The monoisotopic (exact) mass is 188 g/mol. The SMILES string of the molecule is O=C(CCl)CCc1cccs1. The number of thiophene rings is 1. The van der Waals surface area contributed by atoms with Crippen LogP contribution in [0.25, 0.3) is 0 Å². The third-order valence-corrected chi connectivity index (χ3v) is 2.61. The molecule has 0 aromatic carbocycles. The molecule has 1 aromatic heterocycles. The summed E-state index contributed by atoms with van der Waals surface area (Å²) in [4.78, 5) is 12.0. The fourth-order valence-corrected chi connectivity index (χ4v) is 1.63. The third-order valence-electron chi connectivity index (χ3n) is 1.38. The summed E-state index contributed by atoms with van der Waals surface area (Å²) < 4.78 is 0. The molecule has 0 atom stereocenters. The van der Waals surface area contributed by atoms with Gasteiger partial charge in [-0.3, -0.25) is 4.79 Å². The molecule has 0 aliphatic heterocycles. The van der Waals surface area contributed by atoms with Crippen molar-refractivity contribution in [1.29, 1.82) is 0 Å². The maximum Gasteiger partial charge on any atom is 0.147 e. The van der Waals surface area contributed by atoms with Gasteiger partial charge in [0.05, 0.1) is 5.88 Å². The summed E-state index contributed by atoms with van der Waals surface area (Å²) in [5.41, 5.74) is 0. The van der Waals surface area contributed by atoms with Crippen molar-refractivity contribution in [3.8, 4) is 0 Å². The van der Waals surface area contributed by atoms with Gasteiger partial charge in [0.1, 0.15) is 5.78 Å². The highest BCUT2D eigenvalue weighted by atomic mass is 35.5. The molecule has 1 aromatic rings. The molecular weight excluding hydrogens is 180 g/mol. The molecule has 1 rings (SSSR count). The van der Waals surface area contributed by atoms with E-state index in [9.17, 15) is 4.79 Å². The quantitative estimate of drug-likeness (QED) is 0.664. The van der Waals surface area contributed by atoms with E-state index >= 15 is 0 Å². The number of ketones is 1. The van der Waals surface area contributed by atoms with Gasteiger partial charge in [0.15, 0.2) is 0 Å². The molecule has 0 aliphatic rings. The molecule has 1 nitrogen and oxygen atoms in total. The number of halogens is 1.